The maximum absolute atomic E-state index is 11.8. The van der Waals surface area contributed by atoms with E-state index in [4.69, 9.17) is 4.42 Å². The van der Waals surface area contributed by atoms with Crippen LogP contribution < -0.4 is 10.6 Å². The molecule has 1 heterocycles. The fourth-order valence-corrected chi connectivity index (χ4v) is 1.99. The molecule has 1 atom stereocenters. The number of hydrogen-bond acceptors (Lipinski definition) is 3. The van der Waals surface area contributed by atoms with Crippen molar-refractivity contribution in [1.29, 1.82) is 0 Å². The van der Waals surface area contributed by atoms with Crippen LogP contribution in [0.1, 0.15) is 34.8 Å². The Morgan fingerprint density at radius 1 is 1.29 bits per heavy atom. The first-order chi connectivity index (χ1) is 10.1. The van der Waals surface area contributed by atoms with Crippen LogP contribution in [-0.2, 0) is 0 Å². The van der Waals surface area contributed by atoms with Crippen molar-refractivity contribution in [2.24, 2.45) is 0 Å². The van der Waals surface area contributed by atoms with Gasteiger partial charge in [0.2, 0.25) is 0 Å². The standard InChI is InChI=1S/C17H20N2O2/c1-4-11-18-17(20)14-6-8-15(9-7-14)19-13(3)16-10-5-12(2)21-16/h4-10,13,19H,1,11H2,2-3H3,(H,18,20). The van der Waals surface area contributed by atoms with Crippen LogP contribution in [0, 0.1) is 6.92 Å². The predicted octanol–water partition coefficient (Wildman–Crippen LogP) is 3.68. The monoisotopic (exact) mass is 284 g/mol. The van der Waals surface area contributed by atoms with E-state index in [0.29, 0.717) is 12.1 Å². The topological polar surface area (TPSA) is 54.3 Å². The first-order valence-corrected chi connectivity index (χ1v) is 6.92. The summed E-state index contributed by atoms with van der Waals surface area (Å²) in [6.07, 6.45) is 1.65. The summed E-state index contributed by atoms with van der Waals surface area (Å²) in [5.74, 6) is 1.68. The van der Waals surface area contributed by atoms with E-state index in [1.54, 1.807) is 18.2 Å². The molecule has 0 spiro atoms. The Bertz CT molecular complexity index is 614. The van der Waals surface area contributed by atoms with Crippen molar-refractivity contribution < 1.29 is 9.21 Å². The van der Waals surface area contributed by atoms with Gasteiger partial charge in [0.1, 0.15) is 11.5 Å². The third-order valence-corrected chi connectivity index (χ3v) is 3.13. The second-order valence-corrected chi connectivity index (χ2v) is 4.89. The number of benzene rings is 1. The molecule has 0 bridgehead atoms. The van der Waals surface area contributed by atoms with E-state index in [1.807, 2.05) is 38.1 Å². The summed E-state index contributed by atoms with van der Waals surface area (Å²) in [6, 6.07) is 11.3. The molecular weight excluding hydrogens is 264 g/mol. The maximum Gasteiger partial charge on any atom is 0.251 e. The number of nitrogens with one attached hydrogen (secondary N) is 2. The van der Waals surface area contributed by atoms with Gasteiger partial charge < -0.3 is 15.1 Å². The van der Waals surface area contributed by atoms with Crippen molar-refractivity contribution in [3.8, 4) is 0 Å². The van der Waals surface area contributed by atoms with Gasteiger partial charge in [-0.3, -0.25) is 4.79 Å². The second kappa shape index (κ2) is 6.79. The molecule has 1 aromatic carbocycles. The first kappa shape index (κ1) is 14.9. The Morgan fingerprint density at radius 3 is 2.57 bits per heavy atom. The molecule has 4 heteroatoms. The molecule has 4 nitrogen and oxygen atoms in total. The van der Waals surface area contributed by atoms with Gasteiger partial charge in [-0.15, -0.1) is 6.58 Å². The van der Waals surface area contributed by atoms with E-state index in [0.717, 1.165) is 17.2 Å². The van der Waals surface area contributed by atoms with Crippen molar-refractivity contribution in [2.45, 2.75) is 19.9 Å². The minimum absolute atomic E-state index is 0.0687. The van der Waals surface area contributed by atoms with Gasteiger partial charge in [0, 0.05) is 17.8 Å². The Kier molecular flexibility index (Phi) is 4.82. The number of anilines is 1. The highest BCUT2D eigenvalue weighted by atomic mass is 16.3. The molecule has 1 amide bonds. The number of carbonyl (C=O) groups excluding carboxylic acids is 1. The minimum Gasteiger partial charge on any atom is -0.464 e. The van der Waals surface area contributed by atoms with Gasteiger partial charge in [0.05, 0.1) is 6.04 Å². The van der Waals surface area contributed by atoms with E-state index in [-0.39, 0.29) is 11.9 Å². The van der Waals surface area contributed by atoms with Crippen molar-refractivity contribution in [2.75, 3.05) is 11.9 Å². The molecule has 2 rings (SSSR count). The lowest BCUT2D eigenvalue weighted by Crippen LogP contribution is -2.23. The van der Waals surface area contributed by atoms with Crippen LogP contribution >= 0.6 is 0 Å². The zero-order valence-corrected chi connectivity index (χ0v) is 12.3. The molecule has 0 fully saturated rings. The first-order valence-electron chi connectivity index (χ1n) is 6.92. The SMILES string of the molecule is C=CCNC(=O)c1ccc(NC(C)c2ccc(C)o2)cc1. The predicted molar refractivity (Wildman–Crippen MR) is 84.5 cm³/mol. The van der Waals surface area contributed by atoms with Crippen molar-refractivity contribution >= 4 is 11.6 Å². The summed E-state index contributed by atoms with van der Waals surface area (Å²) >= 11 is 0. The molecular formula is C17H20N2O2. The fraction of sp³-hybridized carbons (Fsp3) is 0.235. The third-order valence-electron chi connectivity index (χ3n) is 3.13. The highest BCUT2D eigenvalue weighted by molar-refractivity contribution is 5.94. The summed E-state index contributed by atoms with van der Waals surface area (Å²) in [4.78, 5) is 11.8. The molecule has 21 heavy (non-hydrogen) atoms. The Balaban J connectivity index is 1.99. The van der Waals surface area contributed by atoms with E-state index in [2.05, 4.69) is 17.2 Å². The van der Waals surface area contributed by atoms with Crippen molar-refractivity contribution in [3.63, 3.8) is 0 Å². The van der Waals surface area contributed by atoms with Crippen LogP contribution in [0.25, 0.3) is 0 Å². The zero-order valence-electron chi connectivity index (χ0n) is 12.3. The number of hydrogen-bond donors (Lipinski definition) is 2. The summed E-state index contributed by atoms with van der Waals surface area (Å²) in [6.45, 7) is 7.99. The van der Waals surface area contributed by atoms with Crippen LogP contribution in [-0.4, -0.2) is 12.5 Å². The molecule has 0 radical (unpaired) electrons. The van der Waals surface area contributed by atoms with Crippen LogP contribution in [0.2, 0.25) is 0 Å². The summed E-state index contributed by atoms with van der Waals surface area (Å²) in [5, 5.41) is 6.08. The molecule has 110 valence electrons. The van der Waals surface area contributed by atoms with Crippen LogP contribution in [0.3, 0.4) is 0 Å². The quantitative estimate of drug-likeness (QED) is 0.796. The van der Waals surface area contributed by atoms with Gasteiger partial charge >= 0.3 is 0 Å². The van der Waals surface area contributed by atoms with Crippen molar-refractivity contribution in [1.82, 2.24) is 5.32 Å². The number of furan rings is 1. The number of amides is 1. The van der Waals surface area contributed by atoms with Gasteiger partial charge in [0.15, 0.2) is 0 Å². The largest absolute Gasteiger partial charge is 0.464 e. The summed E-state index contributed by atoms with van der Waals surface area (Å²) < 4.78 is 5.59. The third kappa shape index (κ3) is 3.99. The molecule has 0 saturated heterocycles. The molecule has 1 unspecified atom stereocenters. The van der Waals surface area contributed by atoms with Gasteiger partial charge in [-0.25, -0.2) is 0 Å². The van der Waals surface area contributed by atoms with E-state index in [1.165, 1.54) is 0 Å². The Hall–Kier alpha value is -2.49. The lowest BCUT2D eigenvalue weighted by molar-refractivity contribution is 0.0958. The number of rotatable bonds is 6. The van der Waals surface area contributed by atoms with Crippen LogP contribution in [0.15, 0.2) is 53.5 Å². The molecule has 0 aliphatic carbocycles. The van der Waals surface area contributed by atoms with Gasteiger partial charge in [-0.2, -0.15) is 0 Å². The molecule has 2 aromatic rings. The Morgan fingerprint density at radius 2 is 2.00 bits per heavy atom. The minimum atomic E-state index is -0.101. The normalized spacial score (nSPS) is 11.7. The van der Waals surface area contributed by atoms with E-state index in [9.17, 15) is 4.79 Å². The van der Waals surface area contributed by atoms with E-state index >= 15 is 0 Å². The lowest BCUT2D eigenvalue weighted by atomic mass is 10.1. The number of aryl methyl sites for hydroxylation is 1. The Labute approximate surface area is 124 Å². The van der Waals surface area contributed by atoms with Crippen LogP contribution in [0.5, 0.6) is 0 Å². The fourth-order valence-electron chi connectivity index (χ4n) is 1.99. The average Bonchev–Trinajstić information content (AvgIpc) is 2.92. The van der Waals surface area contributed by atoms with Gasteiger partial charge in [-0.05, 0) is 50.2 Å². The zero-order chi connectivity index (χ0) is 15.2. The average molecular weight is 284 g/mol. The highest BCUT2D eigenvalue weighted by Crippen LogP contribution is 2.21. The smallest absolute Gasteiger partial charge is 0.251 e. The summed E-state index contributed by atoms with van der Waals surface area (Å²) in [7, 11) is 0. The van der Waals surface area contributed by atoms with Gasteiger partial charge in [0.25, 0.3) is 5.91 Å². The molecule has 0 aliphatic rings. The molecule has 2 N–H and O–H groups in total. The van der Waals surface area contributed by atoms with Crippen molar-refractivity contribution in [3.05, 3.63) is 66.1 Å². The lowest BCUT2D eigenvalue weighted by Gasteiger charge is -2.13. The summed E-state index contributed by atoms with van der Waals surface area (Å²) in [5.41, 5.74) is 1.57. The molecule has 0 saturated carbocycles. The van der Waals surface area contributed by atoms with Gasteiger partial charge in [-0.1, -0.05) is 6.08 Å². The highest BCUT2D eigenvalue weighted by Gasteiger charge is 2.10. The maximum atomic E-state index is 11.8. The second-order valence-electron chi connectivity index (χ2n) is 4.89. The van der Waals surface area contributed by atoms with Crippen LogP contribution in [0.4, 0.5) is 5.69 Å². The number of carbonyl (C=O) groups is 1. The van der Waals surface area contributed by atoms with E-state index < -0.39 is 0 Å². The molecule has 0 aliphatic heterocycles. The molecule has 1 aromatic heterocycles.